The number of carbonyl (C=O) groups is 1. The summed E-state index contributed by atoms with van der Waals surface area (Å²) in [4.78, 5) is 12.4. The predicted molar refractivity (Wildman–Crippen MR) is 94.0 cm³/mol. The van der Waals surface area contributed by atoms with Crippen LogP contribution in [0.25, 0.3) is 0 Å². The molecule has 1 amide bonds. The molecule has 0 fully saturated rings. The van der Waals surface area contributed by atoms with Crippen LogP contribution < -0.4 is 10.1 Å². The van der Waals surface area contributed by atoms with E-state index in [1.54, 1.807) is 6.07 Å². The van der Waals surface area contributed by atoms with Gasteiger partial charge in [0.1, 0.15) is 12.4 Å². The summed E-state index contributed by atoms with van der Waals surface area (Å²) in [6.45, 7) is 10.1. The van der Waals surface area contributed by atoms with Crippen molar-refractivity contribution < 1.29 is 14.3 Å². The maximum Gasteiger partial charge on any atom is 0.255 e. The molecular weight excluding hydrogens is 290 g/mol. The third-order valence-electron chi connectivity index (χ3n) is 3.62. The van der Waals surface area contributed by atoms with Crippen LogP contribution in [0.4, 0.5) is 0 Å². The van der Waals surface area contributed by atoms with Crippen molar-refractivity contribution in [1.29, 1.82) is 0 Å². The first kappa shape index (κ1) is 19.5. The molecule has 0 spiro atoms. The van der Waals surface area contributed by atoms with Crippen molar-refractivity contribution in [3.63, 3.8) is 0 Å². The van der Waals surface area contributed by atoms with E-state index in [2.05, 4.69) is 26.1 Å². The van der Waals surface area contributed by atoms with Crippen LogP contribution in [0.15, 0.2) is 24.3 Å². The van der Waals surface area contributed by atoms with Crippen molar-refractivity contribution in [3.8, 4) is 5.75 Å². The Morgan fingerprint density at radius 1 is 1.13 bits per heavy atom. The van der Waals surface area contributed by atoms with E-state index >= 15 is 0 Å². The topological polar surface area (TPSA) is 47.6 Å². The molecule has 0 aliphatic rings. The molecule has 23 heavy (non-hydrogen) atoms. The quantitative estimate of drug-likeness (QED) is 0.626. The average molecular weight is 321 g/mol. The Kier molecular flexibility index (Phi) is 9.37. The molecule has 1 N–H and O–H groups in total. The first-order valence-corrected chi connectivity index (χ1v) is 8.65. The first-order valence-electron chi connectivity index (χ1n) is 8.65. The molecule has 1 aromatic carbocycles. The van der Waals surface area contributed by atoms with Gasteiger partial charge in [-0.05, 0) is 38.3 Å². The molecule has 4 heteroatoms. The molecule has 0 bridgehead atoms. The van der Waals surface area contributed by atoms with Gasteiger partial charge in [0.25, 0.3) is 5.91 Å². The minimum atomic E-state index is -0.0749. The summed E-state index contributed by atoms with van der Waals surface area (Å²) in [6.07, 6.45) is 3.32. The lowest BCUT2D eigenvalue weighted by Crippen LogP contribution is -2.32. The molecule has 0 aromatic heterocycles. The number of carbonyl (C=O) groups excluding carboxylic acids is 1. The third-order valence-corrected chi connectivity index (χ3v) is 3.62. The molecule has 0 aliphatic carbocycles. The number of hydrogen-bond donors (Lipinski definition) is 1. The Hall–Kier alpha value is -1.55. The highest BCUT2D eigenvalue weighted by Crippen LogP contribution is 2.18. The van der Waals surface area contributed by atoms with Gasteiger partial charge in [-0.3, -0.25) is 4.79 Å². The fourth-order valence-corrected chi connectivity index (χ4v) is 2.34. The van der Waals surface area contributed by atoms with Crippen molar-refractivity contribution in [1.82, 2.24) is 5.32 Å². The van der Waals surface area contributed by atoms with Crippen molar-refractivity contribution in [2.24, 2.45) is 5.92 Å². The molecule has 130 valence electrons. The van der Waals surface area contributed by atoms with Crippen LogP contribution in [0.1, 0.15) is 57.3 Å². The fraction of sp³-hybridized carbons (Fsp3) is 0.632. The van der Waals surface area contributed by atoms with Gasteiger partial charge >= 0.3 is 0 Å². The van der Waals surface area contributed by atoms with Crippen LogP contribution in [0.3, 0.4) is 0 Å². The minimum Gasteiger partial charge on any atom is -0.490 e. The van der Waals surface area contributed by atoms with E-state index in [1.807, 2.05) is 25.1 Å². The largest absolute Gasteiger partial charge is 0.490 e. The Morgan fingerprint density at radius 3 is 2.57 bits per heavy atom. The SMILES string of the molecule is CCOCCOc1ccccc1C(=O)NC(C)CCCC(C)C. The molecule has 0 radical (unpaired) electrons. The summed E-state index contributed by atoms with van der Waals surface area (Å²) >= 11 is 0. The van der Waals surface area contributed by atoms with Gasteiger partial charge in [-0.2, -0.15) is 0 Å². The lowest BCUT2D eigenvalue weighted by Gasteiger charge is -2.16. The average Bonchev–Trinajstić information content (AvgIpc) is 2.51. The van der Waals surface area contributed by atoms with Gasteiger partial charge in [0, 0.05) is 12.6 Å². The zero-order chi connectivity index (χ0) is 17.1. The van der Waals surface area contributed by atoms with Crippen molar-refractivity contribution in [2.75, 3.05) is 19.8 Å². The summed E-state index contributed by atoms with van der Waals surface area (Å²) in [6, 6.07) is 7.51. The Bertz CT molecular complexity index is 460. The van der Waals surface area contributed by atoms with Gasteiger partial charge in [0.15, 0.2) is 0 Å². The molecule has 1 aromatic rings. The molecule has 0 aliphatic heterocycles. The summed E-state index contributed by atoms with van der Waals surface area (Å²) in [5.74, 6) is 1.24. The van der Waals surface area contributed by atoms with Crippen LogP contribution in [-0.2, 0) is 4.74 Å². The molecule has 0 saturated carbocycles. The first-order chi connectivity index (χ1) is 11.0. The molecule has 1 unspecified atom stereocenters. The Balaban J connectivity index is 2.51. The Morgan fingerprint density at radius 2 is 1.87 bits per heavy atom. The molecule has 1 atom stereocenters. The number of ether oxygens (including phenoxy) is 2. The molecule has 0 saturated heterocycles. The van der Waals surface area contributed by atoms with Crippen LogP contribution >= 0.6 is 0 Å². The van der Waals surface area contributed by atoms with Gasteiger partial charge in [-0.15, -0.1) is 0 Å². The van der Waals surface area contributed by atoms with E-state index in [-0.39, 0.29) is 11.9 Å². The lowest BCUT2D eigenvalue weighted by atomic mass is 10.0. The number of hydrogen-bond acceptors (Lipinski definition) is 3. The number of rotatable bonds is 11. The van der Waals surface area contributed by atoms with Crippen LogP contribution in [0.5, 0.6) is 5.75 Å². The van der Waals surface area contributed by atoms with E-state index in [1.165, 1.54) is 6.42 Å². The monoisotopic (exact) mass is 321 g/mol. The fourth-order valence-electron chi connectivity index (χ4n) is 2.34. The van der Waals surface area contributed by atoms with Gasteiger partial charge in [-0.1, -0.05) is 38.8 Å². The van der Waals surface area contributed by atoms with Crippen LogP contribution in [-0.4, -0.2) is 31.8 Å². The summed E-state index contributed by atoms with van der Waals surface area (Å²) < 4.78 is 10.9. The van der Waals surface area contributed by atoms with Crippen molar-refractivity contribution >= 4 is 5.91 Å². The zero-order valence-corrected chi connectivity index (χ0v) is 14.9. The minimum absolute atomic E-state index is 0.0749. The van der Waals surface area contributed by atoms with E-state index < -0.39 is 0 Å². The number of para-hydroxylation sites is 1. The highest BCUT2D eigenvalue weighted by atomic mass is 16.5. The molecule has 0 heterocycles. The van der Waals surface area contributed by atoms with E-state index in [0.29, 0.717) is 37.1 Å². The second-order valence-electron chi connectivity index (χ2n) is 6.24. The summed E-state index contributed by atoms with van der Waals surface area (Å²) in [5.41, 5.74) is 0.583. The Labute approximate surface area is 140 Å². The summed E-state index contributed by atoms with van der Waals surface area (Å²) in [7, 11) is 0. The predicted octanol–water partition coefficient (Wildman–Crippen LogP) is 4.05. The van der Waals surface area contributed by atoms with E-state index in [4.69, 9.17) is 9.47 Å². The van der Waals surface area contributed by atoms with Crippen molar-refractivity contribution in [3.05, 3.63) is 29.8 Å². The van der Waals surface area contributed by atoms with E-state index in [9.17, 15) is 4.79 Å². The smallest absolute Gasteiger partial charge is 0.255 e. The van der Waals surface area contributed by atoms with Gasteiger partial charge in [0.2, 0.25) is 0 Å². The zero-order valence-electron chi connectivity index (χ0n) is 14.9. The van der Waals surface area contributed by atoms with Gasteiger partial charge < -0.3 is 14.8 Å². The van der Waals surface area contributed by atoms with Crippen LogP contribution in [0, 0.1) is 5.92 Å². The van der Waals surface area contributed by atoms with Gasteiger partial charge in [-0.25, -0.2) is 0 Å². The third kappa shape index (κ3) is 8.03. The number of nitrogens with one attached hydrogen (secondary N) is 1. The maximum atomic E-state index is 12.4. The van der Waals surface area contributed by atoms with Crippen LogP contribution in [0.2, 0.25) is 0 Å². The highest BCUT2D eigenvalue weighted by molar-refractivity contribution is 5.97. The number of amides is 1. The summed E-state index contributed by atoms with van der Waals surface area (Å²) in [5, 5.41) is 3.06. The highest BCUT2D eigenvalue weighted by Gasteiger charge is 2.14. The standard InChI is InChI=1S/C19H31NO3/c1-5-22-13-14-23-18-12-7-6-11-17(18)19(21)20-16(4)10-8-9-15(2)3/h6-7,11-12,15-16H,5,8-10,13-14H2,1-4H3,(H,20,21). The second-order valence-corrected chi connectivity index (χ2v) is 6.24. The van der Waals surface area contributed by atoms with Crippen molar-refractivity contribution in [2.45, 2.75) is 53.0 Å². The maximum absolute atomic E-state index is 12.4. The molecule has 4 nitrogen and oxygen atoms in total. The molecule has 1 rings (SSSR count). The second kappa shape index (κ2) is 11.1. The number of benzene rings is 1. The molecular formula is C19H31NO3. The normalized spacial score (nSPS) is 12.2. The lowest BCUT2D eigenvalue weighted by molar-refractivity contribution is 0.0921. The van der Waals surface area contributed by atoms with E-state index in [0.717, 1.165) is 12.8 Å². The van der Waals surface area contributed by atoms with Gasteiger partial charge in [0.05, 0.1) is 12.2 Å².